The van der Waals surface area contributed by atoms with Crippen molar-refractivity contribution in [3.05, 3.63) is 71.3 Å². The predicted octanol–water partition coefficient (Wildman–Crippen LogP) is 3.05. The summed E-state index contributed by atoms with van der Waals surface area (Å²) in [6, 6.07) is 15.7. The molecule has 4 nitrogen and oxygen atoms in total. The molecule has 3 rings (SSSR count). The van der Waals surface area contributed by atoms with E-state index >= 15 is 0 Å². The van der Waals surface area contributed by atoms with Crippen LogP contribution in [0.2, 0.25) is 0 Å². The molecule has 118 valence electrons. The van der Waals surface area contributed by atoms with Crippen LogP contribution in [0.15, 0.2) is 54.6 Å². The van der Waals surface area contributed by atoms with E-state index in [0.29, 0.717) is 5.56 Å². The van der Waals surface area contributed by atoms with Crippen molar-refractivity contribution < 1.29 is 14.7 Å². The Labute approximate surface area is 135 Å². The van der Waals surface area contributed by atoms with Crippen molar-refractivity contribution in [3.63, 3.8) is 0 Å². The Hall–Kier alpha value is -2.62. The van der Waals surface area contributed by atoms with Gasteiger partial charge >= 0.3 is 5.97 Å². The Kier molecular flexibility index (Phi) is 4.42. The van der Waals surface area contributed by atoms with Crippen LogP contribution < -0.4 is 5.32 Å². The van der Waals surface area contributed by atoms with Crippen molar-refractivity contribution in [1.29, 1.82) is 0 Å². The number of carboxylic acids is 1. The summed E-state index contributed by atoms with van der Waals surface area (Å²) in [6.45, 7) is 0. The second-order valence-electron chi connectivity index (χ2n) is 5.83. The first kappa shape index (κ1) is 15.3. The summed E-state index contributed by atoms with van der Waals surface area (Å²) in [5.74, 6) is -1.53. The molecule has 0 radical (unpaired) electrons. The van der Waals surface area contributed by atoms with Crippen molar-refractivity contribution in [2.24, 2.45) is 0 Å². The van der Waals surface area contributed by atoms with Gasteiger partial charge in [0.2, 0.25) is 5.91 Å². The minimum atomic E-state index is -1.05. The van der Waals surface area contributed by atoms with Crippen molar-refractivity contribution in [2.75, 3.05) is 0 Å². The largest absolute Gasteiger partial charge is 0.479 e. The summed E-state index contributed by atoms with van der Waals surface area (Å²) in [7, 11) is 0. The fourth-order valence-corrected chi connectivity index (χ4v) is 3.20. The number of carbonyl (C=O) groups excluding carboxylic acids is 1. The number of amides is 1. The Morgan fingerprint density at radius 1 is 1.04 bits per heavy atom. The van der Waals surface area contributed by atoms with Crippen LogP contribution in [-0.2, 0) is 16.0 Å². The van der Waals surface area contributed by atoms with Crippen molar-refractivity contribution in [3.8, 4) is 0 Å². The maximum Gasteiger partial charge on any atom is 0.330 e. The van der Waals surface area contributed by atoms with Crippen LogP contribution in [0.1, 0.15) is 41.5 Å². The molecule has 4 heteroatoms. The van der Waals surface area contributed by atoms with Crippen LogP contribution in [-0.4, -0.2) is 17.0 Å². The Balaban J connectivity index is 1.82. The van der Waals surface area contributed by atoms with Crippen LogP contribution in [0.4, 0.5) is 0 Å². The SMILES string of the molecule is O=C(N[C@@H](C(=O)O)c1ccccc1)C1CCCc2ccccc21. The molecule has 0 bridgehead atoms. The summed E-state index contributed by atoms with van der Waals surface area (Å²) in [5, 5.41) is 12.2. The van der Waals surface area contributed by atoms with Gasteiger partial charge in [0.15, 0.2) is 6.04 Å². The molecule has 0 saturated carbocycles. The van der Waals surface area contributed by atoms with E-state index in [2.05, 4.69) is 5.32 Å². The molecule has 1 aliphatic carbocycles. The molecule has 0 heterocycles. The minimum Gasteiger partial charge on any atom is -0.479 e. The van der Waals surface area contributed by atoms with E-state index in [-0.39, 0.29) is 11.8 Å². The third kappa shape index (κ3) is 3.26. The molecule has 0 fully saturated rings. The zero-order valence-electron chi connectivity index (χ0n) is 12.7. The third-order valence-corrected chi connectivity index (χ3v) is 4.35. The molecule has 1 amide bonds. The topological polar surface area (TPSA) is 66.4 Å². The monoisotopic (exact) mass is 309 g/mol. The molecule has 2 atom stereocenters. The van der Waals surface area contributed by atoms with Gasteiger partial charge in [-0.25, -0.2) is 4.79 Å². The van der Waals surface area contributed by atoms with Crippen LogP contribution in [0.25, 0.3) is 0 Å². The fraction of sp³-hybridized carbons (Fsp3) is 0.263. The number of carbonyl (C=O) groups is 2. The zero-order valence-corrected chi connectivity index (χ0v) is 12.7. The highest BCUT2D eigenvalue weighted by Gasteiger charge is 2.30. The van der Waals surface area contributed by atoms with Gasteiger partial charge < -0.3 is 10.4 Å². The zero-order chi connectivity index (χ0) is 16.2. The quantitative estimate of drug-likeness (QED) is 0.912. The standard InChI is InChI=1S/C19H19NO3/c21-18(16-12-6-10-13-7-4-5-11-15(13)16)20-17(19(22)23)14-8-2-1-3-9-14/h1-5,7-9,11,16-17H,6,10,12H2,(H,20,21)(H,22,23)/t16?,17-/m1/s1. The first-order chi connectivity index (χ1) is 11.2. The molecule has 23 heavy (non-hydrogen) atoms. The van der Waals surface area contributed by atoms with Crippen molar-refractivity contribution in [2.45, 2.75) is 31.2 Å². The Morgan fingerprint density at radius 2 is 1.74 bits per heavy atom. The lowest BCUT2D eigenvalue weighted by Crippen LogP contribution is -2.37. The second-order valence-corrected chi connectivity index (χ2v) is 5.83. The normalized spacial score (nSPS) is 17.8. The maximum absolute atomic E-state index is 12.7. The first-order valence-electron chi connectivity index (χ1n) is 7.83. The van der Waals surface area contributed by atoms with Crippen molar-refractivity contribution >= 4 is 11.9 Å². The second kappa shape index (κ2) is 6.65. The molecule has 0 aromatic heterocycles. The van der Waals surface area contributed by atoms with Gasteiger partial charge in [0, 0.05) is 0 Å². The Bertz CT molecular complexity index is 712. The molecular weight excluding hydrogens is 290 g/mol. The summed E-state index contributed by atoms with van der Waals surface area (Å²) >= 11 is 0. The average Bonchev–Trinajstić information content (AvgIpc) is 2.59. The van der Waals surface area contributed by atoms with Gasteiger partial charge in [-0.15, -0.1) is 0 Å². The van der Waals surface area contributed by atoms with Crippen LogP contribution in [0.5, 0.6) is 0 Å². The summed E-state index contributed by atoms with van der Waals surface area (Å²) < 4.78 is 0. The summed E-state index contributed by atoms with van der Waals surface area (Å²) in [6.07, 6.45) is 2.67. The van der Waals surface area contributed by atoms with E-state index in [1.165, 1.54) is 5.56 Å². The number of rotatable bonds is 4. The molecular formula is C19H19NO3. The number of aryl methyl sites for hydroxylation is 1. The van der Waals surface area contributed by atoms with E-state index in [4.69, 9.17) is 0 Å². The van der Waals surface area contributed by atoms with Crippen molar-refractivity contribution in [1.82, 2.24) is 5.32 Å². The van der Waals surface area contributed by atoms with E-state index in [0.717, 1.165) is 24.8 Å². The molecule has 2 N–H and O–H groups in total. The smallest absolute Gasteiger partial charge is 0.330 e. The van der Waals surface area contributed by atoms with Gasteiger partial charge in [-0.1, -0.05) is 54.6 Å². The van der Waals surface area contributed by atoms with E-state index in [9.17, 15) is 14.7 Å². The van der Waals surface area contributed by atoms with Gasteiger partial charge in [-0.3, -0.25) is 4.79 Å². The molecule has 2 aromatic carbocycles. The molecule has 0 aliphatic heterocycles. The highest BCUT2D eigenvalue weighted by Crippen LogP contribution is 2.32. The lowest BCUT2D eigenvalue weighted by molar-refractivity contribution is -0.142. The fourth-order valence-electron chi connectivity index (χ4n) is 3.20. The lowest BCUT2D eigenvalue weighted by atomic mass is 9.82. The highest BCUT2D eigenvalue weighted by molar-refractivity contribution is 5.89. The van der Waals surface area contributed by atoms with Gasteiger partial charge in [-0.05, 0) is 36.0 Å². The highest BCUT2D eigenvalue weighted by atomic mass is 16.4. The summed E-state index contributed by atoms with van der Waals surface area (Å²) in [4.78, 5) is 24.2. The predicted molar refractivity (Wildman–Crippen MR) is 87.1 cm³/mol. The number of hydrogen-bond donors (Lipinski definition) is 2. The number of aliphatic carboxylic acids is 1. The third-order valence-electron chi connectivity index (χ3n) is 4.35. The van der Waals surface area contributed by atoms with E-state index < -0.39 is 12.0 Å². The first-order valence-corrected chi connectivity index (χ1v) is 7.83. The van der Waals surface area contributed by atoms with Crippen LogP contribution >= 0.6 is 0 Å². The summed E-state index contributed by atoms with van der Waals surface area (Å²) in [5.41, 5.74) is 2.79. The van der Waals surface area contributed by atoms with Crippen LogP contribution in [0, 0.1) is 0 Å². The van der Waals surface area contributed by atoms with Gasteiger partial charge in [0.25, 0.3) is 0 Å². The van der Waals surface area contributed by atoms with Gasteiger partial charge in [0.1, 0.15) is 0 Å². The Morgan fingerprint density at radius 3 is 2.48 bits per heavy atom. The number of carboxylic acid groups (broad SMARTS) is 1. The van der Waals surface area contributed by atoms with Gasteiger partial charge in [0.05, 0.1) is 5.92 Å². The molecule has 1 unspecified atom stereocenters. The number of fused-ring (bicyclic) bond motifs is 1. The van der Waals surface area contributed by atoms with Crippen LogP contribution in [0.3, 0.4) is 0 Å². The minimum absolute atomic E-state index is 0.214. The van der Waals surface area contributed by atoms with Gasteiger partial charge in [-0.2, -0.15) is 0 Å². The average molecular weight is 309 g/mol. The van der Waals surface area contributed by atoms with E-state index in [1.807, 2.05) is 30.3 Å². The molecule has 0 saturated heterocycles. The number of hydrogen-bond acceptors (Lipinski definition) is 2. The maximum atomic E-state index is 12.7. The van der Waals surface area contributed by atoms with E-state index in [1.54, 1.807) is 24.3 Å². The number of benzene rings is 2. The molecule has 2 aromatic rings. The molecule has 1 aliphatic rings. The molecule has 0 spiro atoms. The lowest BCUT2D eigenvalue weighted by Gasteiger charge is -2.26. The number of nitrogens with one attached hydrogen (secondary N) is 1.